The first-order valence-electron chi connectivity index (χ1n) is 5.07. The fraction of sp³-hybridized carbons (Fsp3) is 0.417. The van der Waals surface area contributed by atoms with E-state index in [0.29, 0.717) is 11.5 Å². The Morgan fingerprint density at radius 3 is 2.44 bits per heavy atom. The Morgan fingerprint density at radius 1 is 1.25 bits per heavy atom. The van der Waals surface area contributed by atoms with Crippen LogP contribution in [-0.2, 0) is 16.0 Å². The SMILES string of the molecule is COc1cc2c(cc1OC)C(OC(C)=O)C2. The molecule has 0 spiro atoms. The van der Waals surface area contributed by atoms with E-state index < -0.39 is 0 Å². The van der Waals surface area contributed by atoms with Crippen LogP contribution in [0.25, 0.3) is 0 Å². The quantitative estimate of drug-likeness (QED) is 0.732. The Hall–Kier alpha value is -1.71. The molecule has 4 nitrogen and oxygen atoms in total. The van der Waals surface area contributed by atoms with Gasteiger partial charge in [-0.15, -0.1) is 0 Å². The number of benzene rings is 1. The summed E-state index contributed by atoms with van der Waals surface area (Å²) in [6, 6.07) is 3.79. The zero-order valence-corrected chi connectivity index (χ0v) is 9.57. The minimum Gasteiger partial charge on any atom is -0.493 e. The van der Waals surface area contributed by atoms with Gasteiger partial charge in [0.15, 0.2) is 11.5 Å². The highest BCUT2D eigenvalue weighted by Gasteiger charge is 2.30. The van der Waals surface area contributed by atoms with E-state index in [2.05, 4.69) is 0 Å². The first-order chi connectivity index (χ1) is 7.65. The van der Waals surface area contributed by atoms with Gasteiger partial charge in [0, 0.05) is 18.9 Å². The third-order valence-electron chi connectivity index (χ3n) is 2.71. The number of hydrogen-bond acceptors (Lipinski definition) is 4. The maximum atomic E-state index is 10.9. The molecule has 86 valence electrons. The highest BCUT2D eigenvalue weighted by molar-refractivity contribution is 5.67. The summed E-state index contributed by atoms with van der Waals surface area (Å²) in [6.45, 7) is 1.42. The standard InChI is InChI=1S/C12H14O4/c1-7(13)16-10-4-8-5-11(14-2)12(15-3)6-9(8)10/h5-6,10H,4H2,1-3H3. The van der Waals surface area contributed by atoms with Crippen molar-refractivity contribution in [2.75, 3.05) is 14.2 Å². The second-order valence-electron chi connectivity index (χ2n) is 3.71. The molecule has 4 heteroatoms. The van der Waals surface area contributed by atoms with Crippen molar-refractivity contribution in [2.24, 2.45) is 0 Å². The number of ether oxygens (including phenoxy) is 3. The van der Waals surface area contributed by atoms with Gasteiger partial charge in [-0.05, 0) is 17.7 Å². The summed E-state index contributed by atoms with van der Waals surface area (Å²) in [5, 5.41) is 0. The molecule has 0 saturated carbocycles. The average molecular weight is 222 g/mol. The molecule has 0 radical (unpaired) electrons. The molecule has 1 atom stereocenters. The predicted octanol–water partition coefficient (Wildman–Crippen LogP) is 1.86. The maximum absolute atomic E-state index is 10.9. The minimum atomic E-state index is -0.259. The van der Waals surface area contributed by atoms with E-state index in [1.165, 1.54) is 6.92 Å². The molecule has 0 aliphatic heterocycles. The predicted molar refractivity (Wildman–Crippen MR) is 57.8 cm³/mol. The molecule has 16 heavy (non-hydrogen) atoms. The smallest absolute Gasteiger partial charge is 0.303 e. The van der Waals surface area contributed by atoms with Gasteiger partial charge in [0.05, 0.1) is 14.2 Å². The Morgan fingerprint density at radius 2 is 1.88 bits per heavy atom. The summed E-state index contributed by atoms with van der Waals surface area (Å²) in [4.78, 5) is 10.9. The third kappa shape index (κ3) is 1.71. The summed E-state index contributed by atoms with van der Waals surface area (Å²) < 4.78 is 15.5. The first-order valence-corrected chi connectivity index (χ1v) is 5.07. The molecule has 0 bridgehead atoms. The van der Waals surface area contributed by atoms with Crippen LogP contribution in [0, 0.1) is 0 Å². The van der Waals surface area contributed by atoms with Crippen LogP contribution < -0.4 is 9.47 Å². The summed E-state index contributed by atoms with van der Waals surface area (Å²) in [5.74, 6) is 1.12. The van der Waals surface area contributed by atoms with Gasteiger partial charge in [-0.2, -0.15) is 0 Å². The van der Waals surface area contributed by atoms with Crippen molar-refractivity contribution >= 4 is 5.97 Å². The lowest BCUT2D eigenvalue weighted by Gasteiger charge is -2.30. The largest absolute Gasteiger partial charge is 0.493 e. The van der Waals surface area contributed by atoms with Gasteiger partial charge in [0.2, 0.25) is 0 Å². The number of methoxy groups -OCH3 is 2. The minimum absolute atomic E-state index is 0.132. The number of hydrogen-bond donors (Lipinski definition) is 0. The molecule has 0 N–H and O–H groups in total. The van der Waals surface area contributed by atoms with Crippen LogP contribution in [-0.4, -0.2) is 20.2 Å². The molecule has 0 heterocycles. The zero-order valence-electron chi connectivity index (χ0n) is 9.57. The molecular weight excluding hydrogens is 208 g/mol. The van der Waals surface area contributed by atoms with Gasteiger partial charge in [0.1, 0.15) is 6.10 Å². The summed E-state index contributed by atoms with van der Waals surface area (Å²) >= 11 is 0. The number of rotatable bonds is 3. The molecule has 0 saturated heterocycles. The van der Waals surface area contributed by atoms with Gasteiger partial charge < -0.3 is 14.2 Å². The van der Waals surface area contributed by atoms with E-state index in [1.54, 1.807) is 14.2 Å². The van der Waals surface area contributed by atoms with Crippen molar-refractivity contribution in [2.45, 2.75) is 19.4 Å². The van der Waals surface area contributed by atoms with Gasteiger partial charge in [-0.25, -0.2) is 0 Å². The highest BCUT2D eigenvalue weighted by Crippen LogP contribution is 2.42. The molecule has 0 amide bonds. The lowest BCUT2D eigenvalue weighted by atomic mass is 9.85. The Kier molecular flexibility index (Phi) is 2.73. The molecular formula is C12H14O4. The van der Waals surface area contributed by atoms with Crippen LogP contribution in [0.1, 0.15) is 24.2 Å². The number of carbonyl (C=O) groups excluding carboxylic acids is 1. The maximum Gasteiger partial charge on any atom is 0.303 e. The molecule has 1 aliphatic carbocycles. The Balaban J connectivity index is 2.27. The van der Waals surface area contributed by atoms with E-state index >= 15 is 0 Å². The van der Waals surface area contributed by atoms with Crippen LogP contribution in [0.5, 0.6) is 11.5 Å². The zero-order chi connectivity index (χ0) is 11.7. The molecule has 0 aromatic heterocycles. The van der Waals surface area contributed by atoms with E-state index in [0.717, 1.165) is 17.5 Å². The lowest BCUT2D eigenvalue weighted by molar-refractivity contribution is -0.147. The fourth-order valence-corrected chi connectivity index (χ4v) is 1.90. The fourth-order valence-electron chi connectivity index (χ4n) is 1.90. The van der Waals surface area contributed by atoms with Gasteiger partial charge in [0.25, 0.3) is 0 Å². The summed E-state index contributed by atoms with van der Waals surface area (Å²) in [7, 11) is 3.19. The van der Waals surface area contributed by atoms with E-state index in [4.69, 9.17) is 14.2 Å². The Bertz CT molecular complexity index is 425. The molecule has 1 aliphatic rings. The molecule has 1 aromatic carbocycles. The van der Waals surface area contributed by atoms with Crippen LogP contribution in [0.2, 0.25) is 0 Å². The van der Waals surface area contributed by atoms with Gasteiger partial charge in [-0.1, -0.05) is 0 Å². The average Bonchev–Trinajstić information content (AvgIpc) is 2.25. The summed E-state index contributed by atoms with van der Waals surface area (Å²) in [5.41, 5.74) is 2.15. The number of carbonyl (C=O) groups is 1. The van der Waals surface area contributed by atoms with Crippen molar-refractivity contribution in [3.05, 3.63) is 23.3 Å². The van der Waals surface area contributed by atoms with Gasteiger partial charge >= 0.3 is 5.97 Å². The second kappa shape index (κ2) is 4.04. The van der Waals surface area contributed by atoms with Crippen LogP contribution >= 0.6 is 0 Å². The highest BCUT2D eigenvalue weighted by atomic mass is 16.5. The van der Waals surface area contributed by atoms with E-state index in [9.17, 15) is 4.79 Å². The van der Waals surface area contributed by atoms with Crippen molar-refractivity contribution in [3.63, 3.8) is 0 Å². The number of esters is 1. The molecule has 1 unspecified atom stereocenters. The van der Waals surface area contributed by atoms with E-state index in [1.807, 2.05) is 12.1 Å². The summed E-state index contributed by atoms with van der Waals surface area (Å²) in [6.07, 6.45) is 0.613. The van der Waals surface area contributed by atoms with Crippen LogP contribution in [0.4, 0.5) is 0 Å². The van der Waals surface area contributed by atoms with Crippen molar-refractivity contribution < 1.29 is 19.0 Å². The normalized spacial score (nSPS) is 17.1. The topological polar surface area (TPSA) is 44.8 Å². The lowest BCUT2D eigenvalue weighted by Crippen LogP contribution is -2.22. The van der Waals surface area contributed by atoms with Gasteiger partial charge in [-0.3, -0.25) is 4.79 Å². The Labute approximate surface area is 94.1 Å². The van der Waals surface area contributed by atoms with Crippen LogP contribution in [0.15, 0.2) is 12.1 Å². The first kappa shape index (κ1) is 10.8. The monoisotopic (exact) mass is 222 g/mol. The molecule has 0 fully saturated rings. The molecule has 1 aromatic rings. The second-order valence-corrected chi connectivity index (χ2v) is 3.71. The molecule has 2 rings (SSSR count). The van der Waals surface area contributed by atoms with Crippen molar-refractivity contribution in [1.29, 1.82) is 0 Å². The van der Waals surface area contributed by atoms with E-state index in [-0.39, 0.29) is 12.1 Å². The third-order valence-corrected chi connectivity index (χ3v) is 2.71. The number of fused-ring (bicyclic) bond motifs is 1. The van der Waals surface area contributed by atoms with Crippen molar-refractivity contribution in [3.8, 4) is 11.5 Å². The van der Waals surface area contributed by atoms with Crippen molar-refractivity contribution in [1.82, 2.24) is 0 Å². The van der Waals surface area contributed by atoms with Crippen LogP contribution in [0.3, 0.4) is 0 Å².